The van der Waals surface area contributed by atoms with Crippen LogP contribution in [0.25, 0.3) is 10.4 Å². The van der Waals surface area contributed by atoms with Crippen molar-refractivity contribution in [2.45, 2.75) is 31.7 Å². The van der Waals surface area contributed by atoms with Crippen LogP contribution in [0.2, 0.25) is 0 Å². The molecule has 0 aliphatic carbocycles. The molecule has 4 atom stereocenters. The van der Waals surface area contributed by atoms with Crippen LogP contribution in [0, 0.1) is 6.92 Å². The van der Waals surface area contributed by atoms with E-state index in [1.54, 1.807) is 0 Å². The summed E-state index contributed by atoms with van der Waals surface area (Å²) in [5.74, 6) is 0. The molecule has 0 bridgehead atoms. The van der Waals surface area contributed by atoms with E-state index in [1.165, 1.54) is 13.1 Å². The SMILES string of the molecule is Cc1cn([C@H]2C[C@H](N=[N+]=[N-])[C@@H](COP(N)(=O)O)O2)c(=O)[nH]c1=O. The van der Waals surface area contributed by atoms with Crippen LogP contribution in [0.3, 0.4) is 0 Å². The van der Waals surface area contributed by atoms with Gasteiger partial charge >= 0.3 is 13.4 Å². The molecule has 23 heavy (non-hydrogen) atoms. The quantitative estimate of drug-likeness (QED) is 0.287. The molecule has 0 saturated carbocycles. The summed E-state index contributed by atoms with van der Waals surface area (Å²) in [5.41, 5.74) is 12.6. The molecule has 0 aromatic carbocycles. The molecule has 1 aliphatic heterocycles. The van der Waals surface area contributed by atoms with E-state index in [1.807, 2.05) is 0 Å². The number of hydrogen-bond acceptors (Lipinski definition) is 6. The van der Waals surface area contributed by atoms with Crippen LogP contribution in [0.4, 0.5) is 0 Å². The standard InChI is InChI=1S/C10H15N6O6P/c1-5-3-16(10(18)13-9(5)17)8-2-6(14-15-11)7(22-8)4-21-23(12,19)20/h3,6-8H,2,4H2,1H3,(H3,12,19,20)(H,13,17,18)/t6-,7+,8+/m0/s1. The van der Waals surface area contributed by atoms with Crippen LogP contribution in [0.5, 0.6) is 0 Å². The third-order valence-corrected chi connectivity index (χ3v) is 3.80. The number of aromatic amines is 1. The lowest BCUT2D eigenvalue weighted by Gasteiger charge is -2.17. The van der Waals surface area contributed by atoms with Gasteiger partial charge in [0.25, 0.3) is 5.56 Å². The van der Waals surface area contributed by atoms with E-state index in [9.17, 15) is 14.2 Å². The van der Waals surface area contributed by atoms with Gasteiger partial charge in [-0.15, -0.1) is 0 Å². The molecule has 0 spiro atoms. The smallest absolute Gasteiger partial charge is 0.352 e. The zero-order chi connectivity index (χ0) is 17.2. The van der Waals surface area contributed by atoms with Crippen molar-refractivity contribution in [2.24, 2.45) is 10.6 Å². The molecular weight excluding hydrogens is 331 g/mol. The first-order chi connectivity index (χ1) is 10.7. The van der Waals surface area contributed by atoms with Gasteiger partial charge in [-0.1, -0.05) is 5.11 Å². The zero-order valence-electron chi connectivity index (χ0n) is 12.0. The molecule has 1 aliphatic rings. The van der Waals surface area contributed by atoms with Gasteiger partial charge in [-0.25, -0.2) is 14.9 Å². The highest BCUT2D eigenvalue weighted by Gasteiger charge is 2.37. The maximum atomic E-state index is 11.9. The molecule has 12 nitrogen and oxygen atoms in total. The lowest BCUT2D eigenvalue weighted by Crippen LogP contribution is -2.33. The third kappa shape index (κ3) is 4.29. The maximum Gasteiger partial charge on any atom is 0.400 e. The molecule has 2 heterocycles. The minimum Gasteiger partial charge on any atom is -0.352 e. The lowest BCUT2D eigenvalue weighted by molar-refractivity contribution is -0.0239. The van der Waals surface area contributed by atoms with Crippen LogP contribution < -0.4 is 16.8 Å². The van der Waals surface area contributed by atoms with Gasteiger partial charge in [0.05, 0.1) is 18.8 Å². The Kier molecular flexibility index (Phi) is 5.05. The van der Waals surface area contributed by atoms with E-state index in [0.29, 0.717) is 5.56 Å². The van der Waals surface area contributed by atoms with E-state index >= 15 is 0 Å². The molecule has 1 aromatic heterocycles. The summed E-state index contributed by atoms with van der Waals surface area (Å²) in [6.07, 6.45) is -0.233. The number of hydrogen-bond donors (Lipinski definition) is 3. The van der Waals surface area contributed by atoms with Crippen molar-refractivity contribution in [1.82, 2.24) is 9.55 Å². The van der Waals surface area contributed by atoms with Gasteiger partial charge in [-0.05, 0) is 12.5 Å². The van der Waals surface area contributed by atoms with Gasteiger partial charge in [0.15, 0.2) is 0 Å². The Morgan fingerprint density at radius 3 is 3.00 bits per heavy atom. The van der Waals surface area contributed by atoms with E-state index < -0.39 is 37.4 Å². The predicted octanol–water partition coefficient (Wildman–Crippen LogP) is -0.113. The Morgan fingerprint density at radius 1 is 1.70 bits per heavy atom. The molecule has 0 amide bonds. The number of aryl methyl sites for hydroxylation is 1. The normalized spacial score (nSPS) is 26.5. The van der Waals surface area contributed by atoms with Gasteiger partial charge in [0.1, 0.15) is 6.23 Å². The fourth-order valence-electron chi connectivity index (χ4n) is 2.20. The van der Waals surface area contributed by atoms with E-state index in [4.69, 9.17) is 20.7 Å². The lowest BCUT2D eigenvalue weighted by atomic mass is 10.1. The minimum atomic E-state index is -4.21. The van der Waals surface area contributed by atoms with E-state index in [-0.39, 0.29) is 13.0 Å². The summed E-state index contributed by atoms with van der Waals surface area (Å²) >= 11 is 0. The Morgan fingerprint density at radius 2 is 2.39 bits per heavy atom. The Labute approximate surface area is 129 Å². The molecule has 1 unspecified atom stereocenters. The molecule has 4 N–H and O–H groups in total. The summed E-state index contributed by atoms with van der Waals surface area (Å²) < 4.78 is 22.3. The third-order valence-electron chi connectivity index (χ3n) is 3.28. The van der Waals surface area contributed by atoms with Gasteiger partial charge in [0.2, 0.25) is 0 Å². The topological polar surface area (TPSA) is 185 Å². The zero-order valence-corrected chi connectivity index (χ0v) is 12.9. The maximum absolute atomic E-state index is 11.9. The molecule has 2 rings (SSSR count). The number of aromatic nitrogens is 2. The van der Waals surface area contributed by atoms with Gasteiger partial charge in [-0.3, -0.25) is 18.9 Å². The van der Waals surface area contributed by atoms with Crippen molar-refractivity contribution in [1.29, 1.82) is 0 Å². The highest BCUT2D eigenvalue weighted by Crippen LogP contribution is 2.35. The average molecular weight is 346 g/mol. The number of nitrogens with two attached hydrogens (primary N) is 1. The molecule has 126 valence electrons. The van der Waals surface area contributed by atoms with E-state index in [2.05, 4.69) is 19.5 Å². The van der Waals surface area contributed by atoms with Crippen molar-refractivity contribution >= 4 is 7.75 Å². The van der Waals surface area contributed by atoms with Crippen LogP contribution >= 0.6 is 7.75 Å². The molecule has 0 radical (unpaired) electrons. The first-order valence-corrected chi connectivity index (χ1v) is 8.13. The van der Waals surface area contributed by atoms with Crippen LogP contribution in [-0.4, -0.2) is 33.2 Å². The van der Waals surface area contributed by atoms with Crippen LogP contribution in [0.1, 0.15) is 18.2 Å². The Hall–Kier alpha value is -1.94. The van der Waals surface area contributed by atoms with Gasteiger partial charge < -0.3 is 9.63 Å². The van der Waals surface area contributed by atoms with Gasteiger partial charge in [0, 0.05) is 23.1 Å². The number of ether oxygens (including phenoxy) is 1. The summed E-state index contributed by atoms with van der Waals surface area (Å²) in [5, 5.41) is 3.53. The second-order valence-corrected chi connectivity index (χ2v) is 6.36. The molecule has 1 saturated heterocycles. The van der Waals surface area contributed by atoms with Crippen molar-refractivity contribution in [3.05, 3.63) is 43.0 Å². The minimum absolute atomic E-state index is 0.129. The fourth-order valence-corrected chi connectivity index (χ4v) is 2.56. The van der Waals surface area contributed by atoms with Crippen molar-refractivity contribution < 1.29 is 18.7 Å². The number of nitrogens with zero attached hydrogens (tertiary/aromatic N) is 4. The number of rotatable bonds is 5. The molecule has 1 aromatic rings. The van der Waals surface area contributed by atoms with E-state index in [0.717, 1.165) is 4.57 Å². The van der Waals surface area contributed by atoms with Crippen molar-refractivity contribution in [3.8, 4) is 0 Å². The highest BCUT2D eigenvalue weighted by molar-refractivity contribution is 7.50. The first kappa shape index (κ1) is 17.4. The number of H-pyrrole nitrogens is 1. The van der Waals surface area contributed by atoms with Crippen LogP contribution in [0.15, 0.2) is 20.9 Å². The molecular formula is C10H15N6O6P. The molecule has 1 fully saturated rings. The first-order valence-electron chi connectivity index (χ1n) is 6.49. The molecule has 13 heteroatoms. The summed E-state index contributed by atoms with van der Waals surface area (Å²) in [6, 6.07) is -0.726. The summed E-state index contributed by atoms with van der Waals surface area (Å²) in [7, 11) is -4.21. The van der Waals surface area contributed by atoms with Crippen LogP contribution in [-0.2, 0) is 13.8 Å². The Balaban J connectivity index is 2.24. The van der Waals surface area contributed by atoms with Gasteiger partial charge in [-0.2, -0.15) is 0 Å². The number of azide groups is 1. The Bertz CT molecular complexity index is 792. The van der Waals surface area contributed by atoms with Crippen molar-refractivity contribution in [2.75, 3.05) is 6.61 Å². The second-order valence-electron chi connectivity index (χ2n) is 4.98. The monoisotopic (exact) mass is 346 g/mol. The average Bonchev–Trinajstić information content (AvgIpc) is 2.83. The second kappa shape index (κ2) is 6.67. The van der Waals surface area contributed by atoms with Crippen molar-refractivity contribution in [3.63, 3.8) is 0 Å². The predicted molar refractivity (Wildman–Crippen MR) is 77.5 cm³/mol. The fraction of sp³-hybridized carbons (Fsp3) is 0.600. The largest absolute Gasteiger partial charge is 0.400 e. The summed E-state index contributed by atoms with van der Waals surface area (Å²) in [6.45, 7) is 1.13. The highest BCUT2D eigenvalue weighted by atomic mass is 31.2. The summed E-state index contributed by atoms with van der Waals surface area (Å²) in [4.78, 5) is 37.0. The number of nitrogens with one attached hydrogen (secondary N) is 1.